The number of carbonyl (C=O) groups excluding carboxylic acids is 1. The van der Waals surface area contributed by atoms with Crippen LogP contribution >= 0.6 is 0 Å². The molecule has 0 radical (unpaired) electrons. The van der Waals surface area contributed by atoms with E-state index >= 15 is 0 Å². The predicted octanol–water partition coefficient (Wildman–Crippen LogP) is 6.17. The van der Waals surface area contributed by atoms with Crippen molar-refractivity contribution in [2.24, 2.45) is 40.4 Å². The minimum absolute atomic E-state index is 0.125. The van der Waals surface area contributed by atoms with Gasteiger partial charge in [0.1, 0.15) is 5.78 Å². The number of aliphatic carboxylic acids is 1. The summed E-state index contributed by atoms with van der Waals surface area (Å²) in [5, 5.41) is 20.2. The molecule has 0 aromatic heterocycles. The van der Waals surface area contributed by atoms with Gasteiger partial charge < -0.3 is 15.0 Å². The highest BCUT2D eigenvalue weighted by molar-refractivity contribution is 5.75. The van der Waals surface area contributed by atoms with Gasteiger partial charge in [0.25, 0.3) is 0 Å². The van der Waals surface area contributed by atoms with Crippen molar-refractivity contribution in [1.82, 2.24) is 0 Å². The Morgan fingerprint density at radius 2 is 1.88 bits per heavy atom. The third kappa shape index (κ3) is 4.10. The van der Waals surface area contributed by atoms with Gasteiger partial charge in [-0.3, -0.25) is 4.79 Å². The van der Waals surface area contributed by atoms with Crippen LogP contribution in [0, 0.1) is 40.4 Å². The molecular formula is C28H44O4. The summed E-state index contributed by atoms with van der Waals surface area (Å²) in [6.45, 7) is 9.11. The second-order valence-electron chi connectivity index (χ2n) is 12.5. The van der Waals surface area contributed by atoms with Crippen LogP contribution < -0.4 is 0 Å². The van der Waals surface area contributed by atoms with Gasteiger partial charge in [0.05, 0.1) is 12.0 Å². The highest BCUT2D eigenvalue weighted by Gasteiger charge is 2.60. The van der Waals surface area contributed by atoms with Crippen LogP contribution in [0.4, 0.5) is 0 Å². The quantitative estimate of drug-likeness (QED) is 0.461. The minimum atomic E-state index is -1.07. The molecule has 0 heterocycles. The minimum Gasteiger partial charge on any atom is -0.481 e. The molecule has 3 fully saturated rings. The average Bonchev–Trinajstić information content (AvgIpc) is 3.05. The third-order valence-electron chi connectivity index (χ3n) is 10.7. The van der Waals surface area contributed by atoms with Crippen molar-refractivity contribution in [2.75, 3.05) is 0 Å². The molecule has 0 aliphatic heterocycles. The zero-order chi connectivity index (χ0) is 23.3. The Morgan fingerprint density at radius 1 is 1.12 bits per heavy atom. The molecule has 4 rings (SSSR count). The lowest BCUT2D eigenvalue weighted by Crippen LogP contribution is -2.52. The van der Waals surface area contributed by atoms with Gasteiger partial charge in [-0.2, -0.15) is 0 Å². The van der Waals surface area contributed by atoms with Gasteiger partial charge in [-0.25, -0.2) is 0 Å². The van der Waals surface area contributed by atoms with Crippen LogP contribution in [0.15, 0.2) is 11.6 Å². The molecule has 180 valence electrons. The van der Waals surface area contributed by atoms with Gasteiger partial charge in [-0.05, 0) is 105 Å². The number of Topliss-reactive ketones (excluding diaryl/α,β-unsaturated/α-hetero) is 1. The van der Waals surface area contributed by atoms with Gasteiger partial charge in [0.15, 0.2) is 0 Å². The Hall–Kier alpha value is -1.16. The Labute approximate surface area is 194 Å². The van der Waals surface area contributed by atoms with Crippen LogP contribution in [0.2, 0.25) is 0 Å². The number of fused-ring (bicyclic) bond motifs is 5. The van der Waals surface area contributed by atoms with E-state index in [9.17, 15) is 19.8 Å². The molecule has 4 heteroatoms. The molecule has 3 saturated carbocycles. The molecule has 2 N–H and O–H groups in total. The summed E-state index contributed by atoms with van der Waals surface area (Å²) in [5.74, 6) is 3.04. The lowest BCUT2D eigenvalue weighted by molar-refractivity contribution is -0.145. The van der Waals surface area contributed by atoms with Crippen molar-refractivity contribution in [3.8, 4) is 0 Å². The SMILES string of the molecule is CC(=O)CCC[C@@H](C)[C@H]1CC[C@H]2[C@@H]3CC=C4C[C@](O)(CC(=O)O)CC[C@]4(C)[C@H]3CC[C@]12C. The van der Waals surface area contributed by atoms with Crippen molar-refractivity contribution < 1.29 is 19.8 Å². The van der Waals surface area contributed by atoms with Crippen LogP contribution in [0.25, 0.3) is 0 Å². The lowest BCUT2D eigenvalue weighted by atomic mass is 9.46. The molecule has 0 aromatic carbocycles. The topological polar surface area (TPSA) is 74.6 Å². The van der Waals surface area contributed by atoms with Gasteiger partial charge in [-0.15, -0.1) is 0 Å². The molecule has 4 aliphatic rings. The number of carboxylic acids is 1. The summed E-state index contributed by atoms with van der Waals surface area (Å²) >= 11 is 0. The number of allylic oxidation sites excluding steroid dienone is 1. The van der Waals surface area contributed by atoms with Gasteiger partial charge in [-0.1, -0.05) is 38.8 Å². The normalized spacial score (nSPS) is 44.1. The predicted molar refractivity (Wildman–Crippen MR) is 126 cm³/mol. The van der Waals surface area contributed by atoms with E-state index in [1.165, 1.54) is 37.7 Å². The highest BCUT2D eigenvalue weighted by atomic mass is 16.4. The van der Waals surface area contributed by atoms with E-state index in [4.69, 9.17) is 0 Å². The van der Waals surface area contributed by atoms with Crippen molar-refractivity contribution in [2.45, 2.75) is 110 Å². The van der Waals surface area contributed by atoms with E-state index in [1.54, 1.807) is 6.92 Å². The van der Waals surface area contributed by atoms with Crippen LogP contribution in [-0.4, -0.2) is 27.6 Å². The molecule has 0 aromatic rings. The summed E-state index contributed by atoms with van der Waals surface area (Å²) in [6, 6.07) is 0. The first-order valence-electron chi connectivity index (χ1n) is 13.1. The van der Waals surface area contributed by atoms with Crippen LogP contribution in [0.5, 0.6) is 0 Å². The van der Waals surface area contributed by atoms with E-state index in [1.807, 2.05) is 0 Å². The molecule has 4 aliphatic carbocycles. The van der Waals surface area contributed by atoms with E-state index in [0.29, 0.717) is 35.9 Å². The van der Waals surface area contributed by atoms with Crippen molar-refractivity contribution in [3.63, 3.8) is 0 Å². The lowest BCUT2D eigenvalue weighted by Gasteiger charge is -2.59. The standard InChI is InChI=1S/C28H44O4/c1-18(6-5-7-19(2)29)22-10-11-23-21-9-8-20-16-28(32,17-25(30)31)15-14-26(20,3)24(21)12-13-27(22,23)4/h8,18,21-24,32H,5-7,9-17H2,1-4H3,(H,30,31)/t18-,21+,22-,23+,24+,26+,27-,28+/m1/s1. The van der Waals surface area contributed by atoms with Crippen LogP contribution in [0.1, 0.15) is 105 Å². The molecule has 0 unspecified atom stereocenters. The number of ketones is 1. The van der Waals surface area contributed by atoms with E-state index in [0.717, 1.165) is 43.4 Å². The maximum atomic E-state index is 11.4. The fraction of sp³-hybridized carbons (Fsp3) is 0.857. The summed E-state index contributed by atoms with van der Waals surface area (Å²) in [5.41, 5.74) is 0.808. The zero-order valence-corrected chi connectivity index (χ0v) is 20.7. The van der Waals surface area contributed by atoms with Gasteiger partial charge >= 0.3 is 5.97 Å². The highest BCUT2D eigenvalue weighted by Crippen LogP contribution is 2.67. The Balaban J connectivity index is 1.49. The number of aliphatic hydroxyl groups is 1. The molecule has 8 atom stereocenters. The number of hydrogen-bond acceptors (Lipinski definition) is 3. The summed E-state index contributed by atoms with van der Waals surface area (Å²) in [4.78, 5) is 22.7. The summed E-state index contributed by atoms with van der Waals surface area (Å²) in [6.07, 6.45) is 13.6. The maximum Gasteiger partial charge on any atom is 0.306 e. The molecule has 0 saturated heterocycles. The molecule has 4 nitrogen and oxygen atoms in total. The zero-order valence-electron chi connectivity index (χ0n) is 20.7. The number of carbonyl (C=O) groups is 2. The first-order chi connectivity index (χ1) is 15.0. The van der Waals surface area contributed by atoms with Crippen molar-refractivity contribution >= 4 is 11.8 Å². The Bertz CT molecular complexity index is 786. The summed E-state index contributed by atoms with van der Waals surface area (Å²) < 4.78 is 0. The van der Waals surface area contributed by atoms with E-state index < -0.39 is 11.6 Å². The number of carboxylic acid groups (broad SMARTS) is 1. The third-order valence-corrected chi connectivity index (χ3v) is 10.7. The van der Waals surface area contributed by atoms with Gasteiger partial charge in [0.2, 0.25) is 0 Å². The number of hydrogen-bond donors (Lipinski definition) is 2. The van der Waals surface area contributed by atoms with E-state index in [-0.39, 0.29) is 11.8 Å². The fourth-order valence-corrected chi connectivity index (χ4v) is 8.99. The van der Waals surface area contributed by atoms with Crippen LogP contribution in [0.3, 0.4) is 0 Å². The van der Waals surface area contributed by atoms with E-state index in [2.05, 4.69) is 26.8 Å². The first kappa shape index (κ1) is 24.0. The Kier molecular flexibility index (Phi) is 6.42. The largest absolute Gasteiger partial charge is 0.481 e. The smallest absolute Gasteiger partial charge is 0.306 e. The fourth-order valence-electron chi connectivity index (χ4n) is 8.99. The molecule has 0 spiro atoms. The monoisotopic (exact) mass is 444 g/mol. The second-order valence-corrected chi connectivity index (χ2v) is 12.5. The van der Waals surface area contributed by atoms with Gasteiger partial charge in [0, 0.05) is 6.42 Å². The maximum absolute atomic E-state index is 11.4. The second kappa shape index (κ2) is 8.56. The first-order valence-corrected chi connectivity index (χ1v) is 13.1. The van der Waals surface area contributed by atoms with Crippen molar-refractivity contribution in [3.05, 3.63) is 11.6 Å². The average molecular weight is 445 g/mol. The Morgan fingerprint density at radius 3 is 2.56 bits per heavy atom. The van der Waals surface area contributed by atoms with Crippen LogP contribution in [-0.2, 0) is 9.59 Å². The number of rotatable bonds is 7. The summed E-state index contributed by atoms with van der Waals surface area (Å²) in [7, 11) is 0. The molecule has 32 heavy (non-hydrogen) atoms. The molecule has 0 amide bonds. The molecular weight excluding hydrogens is 400 g/mol. The molecule has 0 bridgehead atoms. The van der Waals surface area contributed by atoms with Crippen molar-refractivity contribution in [1.29, 1.82) is 0 Å².